The van der Waals surface area contributed by atoms with Crippen LogP contribution in [-0.2, 0) is 22.5 Å². The number of hydrogen-bond donors (Lipinski definition) is 2. The van der Waals surface area contributed by atoms with Gasteiger partial charge in [-0.15, -0.1) is 0 Å². The number of nitrogens with zero attached hydrogens (tertiary/aromatic N) is 1. The highest BCUT2D eigenvalue weighted by Gasteiger charge is 2.36. The first kappa shape index (κ1) is 19.2. The molecule has 1 fully saturated rings. The van der Waals surface area contributed by atoms with Crippen LogP contribution in [0.3, 0.4) is 0 Å². The molecule has 0 aliphatic carbocycles. The van der Waals surface area contributed by atoms with Crippen molar-refractivity contribution in [3.63, 3.8) is 0 Å². The van der Waals surface area contributed by atoms with Gasteiger partial charge in [0.05, 0.1) is 0 Å². The van der Waals surface area contributed by atoms with Crippen LogP contribution in [0.25, 0.3) is 0 Å². The van der Waals surface area contributed by atoms with Crippen LogP contribution in [0.15, 0.2) is 18.2 Å². The van der Waals surface area contributed by atoms with Crippen LogP contribution < -0.4 is 5.73 Å². The Morgan fingerprint density at radius 2 is 2.04 bits per heavy atom. The molecule has 1 saturated heterocycles. The van der Waals surface area contributed by atoms with Gasteiger partial charge in [-0.3, -0.25) is 14.5 Å². The summed E-state index contributed by atoms with van der Waals surface area (Å²) >= 11 is 0. The summed E-state index contributed by atoms with van der Waals surface area (Å²) in [5.41, 5.74) is 8.76. The zero-order valence-electron chi connectivity index (χ0n) is 15.3. The molecule has 0 saturated carbocycles. The van der Waals surface area contributed by atoms with Gasteiger partial charge in [0.25, 0.3) is 0 Å². The first-order valence-corrected chi connectivity index (χ1v) is 9.36. The van der Waals surface area contributed by atoms with Crippen molar-refractivity contribution in [3.8, 4) is 0 Å². The molecule has 2 atom stereocenters. The predicted molar refractivity (Wildman–Crippen MR) is 99.7 cm³/mol. The second kappa shape index (κ2) is 8.44. The molecule has 7 heteroatoms. The minimum absolute atomic E-state index is 0.0303. The number of hydrogen-bond acceptors (Lipinski definition) is 6. The highest BCUT2D eigenvalue weighted by Crippen LogP contribution is 2.32. The topological polar surface area (TPSA) is 92.9 Å². The van der Waals surface area contributed by atoms with Crippen molar-refractivity contribution in [2.75, 3.05) is 13.1 Å². The van der Waals surface area contributed by atoms with Crippen LogP contribution in [0.5, 0.6) is 0 Å². The quantitative estimate of drug-likeness (QED) is 0.567. The summed E-state index contributed by atoms with van der Waals surface area (Å²) in [4.78, 5) is 26.1. The summed E-state index contributed by atoms with van der Waals surface area (Å²) in [6.45, 7) is 4.71. The molecule has 6 nitrogen and oxygen atoms in total. The molecule has 3 N–H and O–H groups in total. The van der Waals surface area contributed by atoms with Crippen LogP contribution in [-0.4, -0.2) is 47.8 Å². The number of rotatable bonds is 7. The number of fused-ring (bicyclic) bond motifs is 1. The van der Waals surface area contributed by atoms with Crippen LogP contribution >= 0.6 is 0 Å². The van der Waals surface area contributed by atoms with E-state index in [9.17, 15) is 14.6 Å². The van der Waals surface area contributed by atoms with Gasteiger partial charge >= 0.3 is 7.12 Å². The maximum atomic E-state index is 12.7. The normalized spacial score (nSPS) is 23.1. The average Bonchev–Trinajstić information content (AvgIpc) is 2.98. The molecule has 3 rings (SSSR count). The van der Waals surface area contributed by atoms with E-state index in [0.29, 0.717) is 31.4 Å². The van der Waals surface area contributed by atoms with Gasteiger partial charge in [0.2, 0.25) is 0 Å². The number of carbonyl (C=O) groups excluding carboxylic acids is 2. The lowest BCUT2D eigenvalue weighted by molar-refractivity contribution is -0.118. The molecular formula is C19H27BN2O4. The fraction of sp³-hybridized carbons (Fsp3) is 0.579. The van der Waals surface area contributed by atoms with Crippen LogP contribution in [0, 0.1) is 0 Å². The molecule has 1 aromatic rings. The van der Waals surface area contributed by atoms with E-state index in [4.69, 9.17) is 10.4 Å². The Morgan fingerprint density at radius 1 is 1.27 bits per heavy atom. The maximum Gasteiger partial charge on any atom is 0.458 e. The van der Waals surface area contributed by atoms with Crippen molar-refractivity contribution in [3.05, 3.63) is 34.9 Å². The van der Waals surface area contributed by atoms with Crippen molar-refractivity contribution in [2.24, 2.45) is 5.73 Å². The van der Waals surface area contributed by atoms with Gasteiger partial charge in [-0.1, -0.05) is 12.1 Å². The van der Waals surface area contributed by atoms with Crippen molar-refractivity contribution < 1.29 is 19.3 Å². The summed E-state index contributed by atoms with van der Waals surface area (Å²) in [5, 5.41) is 10.2. The van der Waals surface area contributed by atoms with Gasteiger partial charge in [0, 0.05) is 56.5 Å². The van der Waals surface area contributed by atoms with Gasteiger partial charge in [-0.25, -0.2) is 0 Å². The summed E-state index contributed by atoms with van der Waals surface area (Å²) in [7, 11) is -0.980. The van der Waals surface area contributed by atoms with Crippen molar-refractivity contribution in [2.45, 2.75) is 57.6 Å². The fourth-order valence-corrected chi connectivity index (χ4v) is 3.93. The van der Waals surface area contributed by atoms with E-state index >= 15 is 0 Å². The minimum atomic E-state index is -0.980. The zero-order valence-corrected chi connectivity index (χ0v) is 15.3. The Morgan fingerprint density at radius 3 is 2.73 bits per heavy atom. The van der Waals surface area contributed by atoms with Crippen molar-refractivity contribution >= 4 is 18.7 Å². The summed E-state index contributed by atoms with van der Waals surface area (Å²) < 4.78 is 5.53. The molecular weight excluding hydrogens is 331 g/mol. The highest BCUT2D eigenvalue weighted by atomic mass is 16.5. The molecule has 2 aliphatic rings. The predicted octanol–water partition coefficient (Wildman–Crippen LogP) is 1.54. The number of benzene rings is 1. The lowest BCUT2D eigenvalue weighted by atomic mass is 9.64. The van der Waals surface area contributed by atoms with Gasteiger partial charge in [0.1, 0.15) is 5.78 Å². The highest BCUT2D eigenvalue weighted by molar-refractivity contribution is 6.45. The van der Waals surface area contributed by atoms with E-state index in [0.717, 1.165) is 19.6 Å². The number of Topliss-reactive ketones (excluding diaryl/α,β-unsaturated/α-hetero) is 2. The molecule has 0 unspecified atom stereocenters. The van der Waals surface area contributed by atoms with Crippen molar-refractivity contribution in [1.29, 1.82) is 0 Å². The fourth-order valence-electron chi connectivity index (χ4n) is 3.93. The van der Waals surface area contributed by atoms with E-state index in [1.807, 2.05) is 18.2 Å². The smallest absolute Gasteiger partial charge is 0.427 e. The lowest BCUT2D eigenvalue weighted by Crippen LogP contribution is -2.37. The van der Waals surface area contributed by atoms with Crippen LogP contribution in [0.2, 0.25) is 5.82 Å². The number of carbonyl (C=O) groups is 2. The second-order valence-electron chi connectivity index (χ2n) is 7.50. The number of ketones is 2. The molecule has 1 aromatic carbocycles. The third kappa shape index (κ3) is 4.59. The van der Waals surface area contributed by atoms with Crippen LogP contribution in [0.4, 0.5) is 0 Å². The maximum absolute atomic E-state index is 12.7. The summed E-state index contributed by atoms with van der Waals surface area (Å²) in [6, 6.07) is 5.88. The van der Waals surface area contributed by atoms with E-state index in [-0.39, 0.29) is 29.9 Å². The standard InChI is InChI=1S/C19H27BN2O4/c1-13(23)8-18-5-4-17(20(25)26-18)10-19(24)14-2-3-15-11-22(7-6-21)12-16(15)9-14/h2-3,9,17-18,25H,4-8,10-12,21H2,1H3/t17-,18+/m1/s1. The molecule has 26 heavy (non-hydrogen) atoms. The van der Waals surface area contributed by atoms with Gasteiger partial charge < -0.3 is 15.4 Å². The number of nitrogens with two attached hydrogens (primary N) is 1. The van der Waals surface area contributed by atoms with Crippen LogP contribution in [0.1, 0.15) is 54.1 Å². The molecule has 0 spiro atoms. The Bertz CT molecular complexity index is 682. The van der Waals surface area contributed by atoms with E-state index in [1.54, 1.807) is 0 Å². The van der Waals surface area contributed by atoms with E-state index in [2.05, 4.69) is 4.90 Å². The average molecular weight is 358 g/mol. The molecule has 0 bridgehead atoms. The second-order valence-corrected chi connectivity index (χ2v) is 7.50. The van der Waals surface area contributed by atoms with E-state index in [1.165, 1.54) is 18.1 Å². The third-order valence-corrected chi connectivity index (χ3v) is 5.32. The summed E-state index contributed by atoms with van der Waals surface area (Å²) in [5.74, 6) is -0.131. The van der Waals surface area contributed by atoms with E-state index < -0.39 is 7.12 Å². The third-order valence-electron chi connectivity index (χ3n) is 5.32. The van der Waals surface area contributed by atoms with Gasteiger partial charge in [-0.2, -0.15) is 0 Å². The van der Waals surface area contributed by atoms with Gasteiger partial charge in [0.15, 0.2) is 5.78 Å². The SMILES string of the molecule is CC(=O)C[C@@H]1CC[C@H](CC(=O)c2ccc3c(c2)CN(CCN)C3)B(O)O1. The van der Waals surface area contributed by atoms with Crippen molar-refractivity contribution in [1.82, 2.24) is 4.90 Å². The monoisotopic (exact) mass is 358 g/mol. The van der Waals surface area contributed by atoms with Gasteiger partial charge in [-0.05, 0) is 37.0 Å². The molecule has 140 valence electrons. The summed E-state index contributed by atoms with van der Waals surface area (Å²) in [6.07, 6.45) is 1.75. The molecule has 2 aliphatic heterocycles. The molecule has 0 amide bonds. The Hall–Kier alpha value is -1.54. The Kier molecular flexibility index (Phi) is 6.24. The lowest BCUT2D eigenvalue weighted by Gasteiger charge is -2.30. The zero-order chi connectivity index (χ0) is 18.7. The Labute approximate surface area is 154 Å². The molecule has 2 heterocycles. The largest absolute Gasteiger partial charge is 0.458 e. The minimum Gasteiger partial charge on any atom is -0.427 e. The first-order valence-electron chi connectivity index (χ1n) is 9.36. The first-order chi connectivity index (χ1) is 12.5. The molecule has 0 aromatic heterocycles. The molecule has 0 radical (unpaired) electrons. The Balaban J connectivity index is 1.58.